The Labute approximate surface area is 126 Å². The van der Waals surface area contributed by atoms with Gasteiger partial charge in [-0.15, -0.1) is 0 Å². The number of rotatable bonds is 3. The number of hydrogen-bond donors (Lipinski definition) is 2. The Balaban J connectivity index is 1.76. The monoisotopic (exact) mass is 297 g/mol. The highest BCUT2D eigenvalue weighted by Crippen LogP contribution is 2.23. The molecule has 1 aliphatic heterocycles. The minimum Gasteiger partial charge on any atom is -0.480 e. The van der Waals surface area contributed by atoms with Crippen molar-refractivity contribution in [2.45, 2.75) is 45.1 Å². The Morgan fingerprint density at radius 3 is 2.48 bits per heavy atom. The average Bonchev–Trinajstić information content (AvgIpc) is 2.66. The summed E-state index contributed by atoms with van der Waals surface area (Å²) >= 11 is 0. The lowest BCUT2D eigenvalue weighted by Gasteiger charge is -2.30. The van der Waals surface area contributed by atoms with Gasteiger partial charge in [-0.1, -0.05) is 6.92 Å². The molecule has 0 bridgehead atoms. The molecule has 0 aromatic heterocycles. The number of amides is 2. The summed E-state index contributed by atoms with van der Waals surface area (Å²) in [4.78, 5) is 26.8. The van der Waals surface area contributed by atoms with Gasteiger partial charge in [0, 0.05) is 32.2 Å². The largest absolute Gasteiger partial charge is 0.480 e. The van der Waals surface area contributed by atoms with Crippen molar-refractivity contribution in [1.82, 2.24) is 15.1 Å². The molecule has 1 saturated heterocycles. The lowest BCUT2D eigenvalue weighted by atomic mass is 9.87. The van der Waals surface area contributed by atoms with E-state index in [2.05, 4.69) is 12.2 Å². The molecule has 120 valence electrons. The zero-order chi connectivity index (χ0) is 15.2. The van der Waals surface area contributed by atoms with Crippen LogP contribution in [0.2, 0.25) is 0 Å². The van der Waals surface area contributed by atoms with Crippen LogP contribution in [0.1, 0.15) is 39.0 Å². The number of aliphatic carboxylic acids is 1. The van der Waals surface area contributed by atoms with Crippen LogP contribution in [0.3, 0.4) is 0 Å². The summed E-state index contributed by atoms with van der Waals surface area (Å²) in [5, 5.41) is 12.0. The van der Waals surface area contributed by atoms with Gasteiger partial charge in [0.2, 0.25) is 0 Å². The van der Waals surface area contributed by atoms with E-state index in [0.717, 1.165) is 31.7 Å². The molecule has 0 aromatic rings. The lowest BCUT2D eigenvalue weighted by molar-refractivity contribution is -0.138. The number of carboxylic acids is 1. The molecule has 1 aliphatic carbocycles. The van der Waals surface area contributed by atoms with E-state index in [1.165, 1.54) is 12.8 Å². The topological polar surface area (TPSA) is 72.9 Å². The molecule has 0 radical (unpaired) electrons. The summed E-state index contributed by atoms with van der Waals surface area (Å²) < 4.78 is 0. The number of nitrogens with zero attached hydrogens (tertiary/aromatic N) is 2. The minimum atomic E-state index is -0.802. The number of carboxylic acid groups (broad SMARTS) is 1. The molecule has 1 saturated carbocycles. The van der Waals surface area contributed by atoms with Gasteiger partial charge in [0.1, 0.15) is 0 Å². The fraction of sp³-hybridized carbons (Fsp3) is 0.867. The molecule has 2 aliphatic rings. The summed E-state index contributed by atoms with van der Waals surface area (Å²) in [7, 11) is 0. The first-order valence-electron chi connectivity index (χ1n) is 8.04. The molecule has 6 heteroatoms. The van der Waals surface area contributed by atoms with E-state index in [-0.39, 0.29) is 12.6 Å². The first-order valence-corrected chi connectivity index (χ1v) is 8.04. The first kappa shape index (κ1) is 16.1. The van der Waals surface area contributed by atoms with Crippen molar-refractivity contribution < 1.29 is 14.7 Å². The predicted octanol–water partition coefficient (Wildman–Crippen LogP) is 1.37. The second-order valence-electron chi connectivity index (χ2n) is 6.42. The average molecular weight is 297 g/mol. The number of carbonyl (C=O) groups excluding carboxylic acids is 1. The molecule has 2 amide bonds. The van der Waals surface area contributed by atoms with E-state index in [9.17, 15) is 9.59 Å². The Morgan fingerprint density at radius 1 is 1.10 bits per heavy atom. The molecule has 1 heterocycles. The van der Waals surface area contributed by atoms with Crippen molar-refractivity contribution in [2.75, 3.05) is 32.7 Å². The second kappa shape index (κ2) is 7.64. The van der Waals surface area contributed by atoms with Crippen molar-refractivity contribution in [1.29, 1.82) is 0 Å². The Morgan fingerprint density at radius 2 is 1.81 bits per heavy atom. The maximum Gasteiger partial charge on any atom is 0.317 e. The van der Waals surface area contributed by atoms with Gasteiger partial charge in [0.25, 0.3) is 0 Å². The van der Waals surface area contributed by atoms with E-state index in [0.29, 0.717) is 25.7 Å². The zero-order valence-corrected chi connectivity index (χ0v) is 12.9. The SMILES string of the molecule is CC1CCC(NC(=O)N2CCCN(CC(=O)O)CC2)CC1. The van der Waals surface area contributed by atoms with Crippen LogP contribution in [0.4, 0.5) is 4.79 Å². The number of carbonyl (C=O) groups is 2. The summed E-state index contributed by atoms with van der Waals surface area (Å²) in [6.45, 7) is 5.05. The summed E-state index contributed by atoms with van der Waals surface area (Å²) in [6.07, 6.45) is 5.37. The smallest absolute Gasteiger partial charge is 0.317 e. The fourth-order valence-electron chi connectivity index (χ4n) is 3.19. The Kier molecular flexibility index (Phi) is 5.85. The number of hydrogen-bond acceptors (Lipinski definition) is 3. The molecule has 6 nitrogen and oxygen atoms in total. The summed E-state index contributed by atoms with van der Waals surface area (Å²) in [6, 6.07) is 0.332. The maximum atomic E-state index is 12.3. The van der Waals surface area contributed by atoms with Gasteiger partial charge in [0.15, 0.2) is 0 Å². The van der Waals surface area contributed by atoms with Gasteiger partial charge in [-0.2, -0.15) is 0 Å². The third kappa shape index (κ3) is 5.19. The van der Waals surface area contributed by atoms with Crippen molar-refractivity contribution in [3.63, 3.8) is 0 Å². The Hall–Kier alpha value is -1.30. The van der Waals surface area contributed by atoms with E-state index in [4.69, 9.17) is 5.11 Å². The summed E-state index contributed by atoms with van der Waals surface area (Å²) in [5.74, 6) is -0.0230. The van der Waals surface area contributed by atoms with E-state index >= 15 is 0 Å². The van der Waals surface area contributed by atoms with Crippen LogP contribution >= 0.6 is 0 Å². The van der Waals surface area contributed by atoms with Crippen LogP contribution in [0.5, 0.6) is 0 Å². The normalized spacial score (nSPS) is 28.0. The van der Waals surface area contributed by atoms with Crippen molar-refractivity contribution in [3.8, 4) is 0 Å². The molecule has 2 rings (SSSR count). The fourth-order valence-corrected chi connectivity index (χ4v) is 3.19. The molecule has 21 heavy (non-hydrogen) atoms. The van der Waals surface area contributed by atoms with Crippen LogP contribution in [-0.2, 0) is 4.79 Å². The van der Waals surface area contributed by atoms with Crippen molar-refractivity contribution in [3.05, 3.63) is 0 Å². The van der Waals surface area contributed by atoms with Gasteiger partial charge in [-0.25, -0.2) is 4.79 Å². The van der Waals surface area contributed by atoms with Gasteiger partial charge in [-0.3, -0.25) is 9.69 Å². The standard InChI is InChI=1S/C15H27N3O3/c1-12-3-5-13(6-4-12)16-15(21)18-8-2-7-17(9-10-18)11-14(19)20/h12-13H,2-11H2,1H3,(H,16,21)(H,19,20). The molecule has 2 fully saturated rings. The first-order chi connectivity index (χ1) is 10.0. The predicted molar refractivity (Wildman–Crippen MR) is 80.2 cm³/mol. The molecule has 2 N–H and O–H groups in total. The molecule has 0 spiro atoms. The van der Waals surface area contributed by atoms with E-state index < -0.39 is 5.97 Å². The molecule has 0 unspecified atom stereocenters. The molecular formula is C15H27N3O3. The summed E-state index contributed by atoms with van der Waals surface area (Å²) in [5.41, 5.74) is 0. The molecule has 0 aromatic carbocycles. The zero-order valence-electron chi connectivity index (χ0n) is 12.9. The lowest BCUT2D eigenvalue weighted by Crippen LogP contribution is -2.47. The molecular weight excluding hydrogens is 270 g/mol. The van der Waals surface area contributed by atoms with Gasteiger partial charge in [-0.05, 0) is 38.0 Å². The second-order valence-corrected chi connectivity index (χ2v) is 6.42. The van der Waals surface area contributed by atoms with Crippen LogP contribution in [0.25, 0.3) is 0 Å². The minimum absolute atomic E-state index is 0.0201. The van der Waals surface area contributed by atoms with Gasteiger partial charge < -0.3 is 15.3 Å². The number of urea groups is 1. The number of nitrogens with one attached hydrogen (secondary N) is 1. The van der Waals surface area contributed by atoms with Gasteiger partial charge >= 0.3 is 12.0 Å². The third-order valence-electron chi connectivity index (χ3n) is 4.58. The molecule has 0 atom stereocenters. The van der Waals surface area contributed by atoms with E-state index in [1.54, 1.807) is 0 Å². The van der Waals surface area contributed by atoms with E-state index in [1.807, 2.05) is 9.80 Å². The van der Waals surface area contributed by atoms with Gasteiger partial charge in [0.05, 0.1) is 6.54 Å². The highest BCUT2D eigenvalue weighted by molar-refractivity contribution is 5.74. The Bertz CT molecular complexity index is 367. The van der Waals surface area contributed by atoms with Crippen molar-refractivity contribution >= 4 is 12.0 Å². The highest BCUT2D eigenvalue weighted by Gasteiger charge is 2.24. The quantitative estimate of drug-likeness (QED) is 0.825. The van der Waals surface area contributed by atoms with Crippen LogP contribution in [0, 0.1) is 5.92 Å². The van der Waals surface area contributed by atoms with Crippen LogP contribution in [-0.4, -0.2) is 65.7 Å². The van der Waals surface area contributed by atoms with Crippen LogP contribution in [0.15, 0.2) is 0 Å². The maximum absolute atomic E-state index is 12.3. The van der Waals surface area contributed by atoms with Crippen LogP contribution < -0.4 is 5.32 Å². The van der Waals surface area contributed by atoms with Crippen molar-refractivity contribution in [2.24, 2.45) is 5.92 Å². The highest BCUT2D eigenvalue weighted by atomic mass is 16.4. The third-order valence-corrected chi connectivity index (χ3v) is 4.58.